The molecule has 0 fully saturated rings. The summed E-state index contributed by atoms with van der Waals surface area (Å²) in [7, 11) is 4.09. The van der Waals surface area contributed by atoms with Gasteiger partial charge < -0.3 is 19.8 Å². The molecule has 0 bridgehead atoms. The summed E-state index contributed by atoms with van der Waals surface area (Å²) in [5, 5.41) is 20.2. The number of aryl methyl sites for hydroxylation is 4. The standard InChI is InChI=1S/C12H22O4.2C8H15N2/c13-11(14)9-7-5-3-1-2-4-6-8-10-12(15)16;2*1-3-4-5-10-7-6-9(2)8-10/h1-10H2,(H,13,14)(H,15,16);2*6-8H,3-5H2,1-2H3/q;2*+1/p-2. The van der Waals surface area contributed by atoms with Crippen molar-refractivity contribution in [2.45, 2.75) is 117 Å². The minimum atomic E-state index is -0.970. The average molecular weight is 507 g/mol. The van der Waals surface area contributed by atoms with Crippen molar-refractivity contribution in [1.82, 2.24) is 9.13 Å². The Morgan fingerprint density at radius 2 is 0.944 bits per heavy atom. The van der Waals surface area contributed by atoms with Crippen LogP contribution in [0.15, 0.2) is 37.4 Å². The van der Waals surface area contributed by atoms with E-state index in [0.29, 0.717) is 12.8 Å². The zero-order chi connectivity index (χ0) is 27.0. The van der Waals surface area contributed by atoms with Gasteiger partial charge in [-0.25, -0.2) is 18.3 Å². The SMILES string of the molecule is CCCCn1cc[n+](C)c1.CCCCn1cc[n+](C)c1.O=C([O-])CCCCCCCCCCC(=O)[O-]. The molecule has 2 aromatic heterocycles. The molecule has 0 aliphatic heterocycles. The van der Waals surface area contributed by atoms with Gasteiger partial charge in [0.05, 0.1) is 27.2 Å². The smallest absolute Gasteiger partial charge is 0.243 e. The lowest BCUT2D eigenvalue weighted by Crippen LogP contribution is -2.23. The third-order valence-corrected chi connectivity index (χ3v) is 5.70. The van der Waals surface area contributed by atoms with Gasteiger partial charge in [0.25, 0.3) is 0 Å². The minimum Gasteiger partial charge on any atom is -0.550 e. The highest BCUT2D eigenvalue weighted by Gasteiger charge is 1.97. The maximum absolute atomic E-state index is 10.1. The molecule has 0 saturated heterocycles. The molecule has 36 heavy (non-hydrogen) atoms. The lowest BCUT2D eigenvalue weighted by atomic mass is 10.1. The van der Waals surface area contributed by atoms with E-state index in [2.05, 4.69) is 69.6 Å². The summed E-state index contributed by atoms with van der Waals surface area (Å²) < 4.78 is 8.55. The predicted octanol–water partition coefficient (Wildman–Crippen LogP) is 2.61. The van der Waals surface area contributed by atoms with Crippen LogP contribution in [0.1, 0.15) is 104 Å². The Bertz CT molecular complexity index is 735. The second-order valence-corrected chi connectivity index (χ2v) is 9.41. The van der Waals surface area contributed by atoms with Gasteiger partial charge in [0.1, 0.15) is 24.8 Å². The van der Waals surface area contributed by atoms with E-state index in [-0.39, 0.29) is 12.8 Å². The normalized spacial score (nSPS) is 10.2. The average Bonchev–Trinajstić information content (AvgIpc) is 3.45. The van der Waals surface area contributed by atoms with Crippen molar-refractivity contribution in [2.24, 2.45) is 14.1 Å². The van der Waals surface area contributed by atoms with Gasteiger partial charge >= 0.3 is 0 Å². The molecular weight excluding hydrogens is 456 g/mol. The fourth-order valence-electron chi connectivity index (χ4n) is 3.55. The molecule has 0 spiro atoms. The van der Waals surface area contributed by atoms with E-state index in [1.165, 1.54) is 25.7 Å². The molecule has 0 aromatic carbocycles. The molecule has 0 saturated carbocycles. The molecule has 2 aromatic rings. The first kappa shape index (κ1) is 33.4. The number of aliphatic carboxylic acids is 2. The summed E-state index contributed by atoms with van der Waals surface area (Å²) in [6, 6.07) is 0. The van der Waals surface area contributed by atoms with E-state index < -0.39 is 11.9 Å². The Labute approximate surface area is 218 Å². The van der Waals surface area contributed by atoms with Crippen molar-refractivity contribution in [3.05, 3.63) is 37.4 Å². The Hall–Kier alpha value is -2.64. The zero-order valence-electron chi connectivity index (χ0n) is 23.2. The summed E-state index contributed by atoms with van der Waals surface area (Å²) >= 11 is 0. The van der Waals surface area contributed by atoms with Crippen LogP contribution in [-0.4, -0.2) is 21.1 Å². The molecule has 0 unspecified atom stereocenters. The fourth-order valence-corrected chi connectivity index (χ4v) is 3.55. The number of nitrogens with zero attached hydrogens (tertiary/aromatic N) is 4. The Balaban J connectivity index is 0.000000532. The summed E-state index contributed by atoms with van der Waals surface area (Å²) in [6.07, 6.45) is 25.5. The van der Waals surface area contributed by atoms with Crippen LogP contribution >= 0.6 is 0 Å². The number of carboxylic acid groups (broad SMARTS) is 2. The van der Waals surface area contributed by atoms with E-state index >= 15 is 0 Å². The van der Waals surface area contributed by atoms with Crippen LogP contribution in [0.5, 0.6) is 0 Å². The van der Waals surface area contributed by atoms with Crippen molar-refractivity contribution in [3.63, 3.8) is 0 Å². The minimum absolute atomic E-state index is 0.158. The molecule has 0 N–H and O–H groups in total. The molecule has 2 heterocycles. The summed E-state index contributed by atoms with van der Waals surface area (Å²) in [5.74, 6) is -1.94. The van der Waals surface area contributed by atoms with E-state index in [1.807, 2.05) is 14.1 Å². The van der Waals surface area contributed by atoms with Crippen molar-refractivity contribution in [3.8, 4) is 0 Å². The maximum atomic E-state index is 10.1. The van der Waals surface area contributed by atoms with Crippen molar-refractivity contribution >= 4 is 11.9 Å². The highest BCUT2D eigenvalue weighted by atomic mass is 16.4. The van der Waals surface area contributed by atoms with Crippen LogP contribution in [-0.2, 0) is 36.8 Å². The number of carbonyl (C=O) groups excluding carboxylic acids is 2. The molecule has 0 aliphatic carbocycles. The van der Waals surface area contributed by atoms with E-state index in [0.717, 1.165) is 51.6 Å². The number of hydrogen-bond acceptors (Lipinski definition) is 4. The number of unbranched alkanes of at least 4 members (excludes halogenated alkanes) is 9. The van der Waals surface area contributed by atoms with Gasteiger partial charge in [0, 0.05) is 11.9 Å². The summed E-state index contributed by atoms with van der Waals surface area (Å²) in [5.41, 5.74) is 0. The lowest BCUT2D eigenvalue weighted by molar-refractivity contribution is -0.671. The summed E-state index contributed by atoms with van der Waals surface area (Å²) in [4.78, 5) is 20.2. The molecule has 0 amide bonds. The number of carboxylic acids is 2. The number of aromatic nitrogens is 4. The van der Waals surface area contributed by atoms with Gasteiger partial charge in [-0.05, 0) is 38.5 Å². The van der Waals surface area contributed by atoms with Gasteiger partial charge in [-0.2, -0.15) is 0 Å². The third kappa shape index (κ3) is 21.9. The van der Waals surface area contributed by atoms with Crippen LogP contribution in [0.3, 0.4) is 0 Å². The lowest BCUT2D eigenvalue weighted by Gasteiger charge is -2.03. The zero-order valence-corrected chi connectivity index (χ0v) is 23.2. The Morgan fingerprint density at radius 1 is 0.611 bits per heavy atom. The second-order valence-electron chi connectivity index (χ2n) is 9.41. The molecule has 2 rings (SSSR count). The van der Waals surface area contributed by atoms with Gasteiger partial charge in [0.15, 0.2) is 0 Å². The van der Waals surface area contributed by atoms with E-state index in [4.69, 9.17) is 0 Å². The quantitative estimate of drug-likeness (QED) is 0.243. The molecule has 0 atom stereocenters. The second kappa shape index (κ2) is 22.8. The highest BCUT2D eigenvalue weighted by Crippen LogP contribution is 2.10. The third-order valence-electron chi connectivity index (χ3n) is 5.70. The van der Waals surface area contributed by atoms with Crippen molar-refractivity contribution in [1.29, 1.82) is 0 Å². The topological polar surface area (TPSA) is 97.9 Å². The Kier molecular flexibility index (Phi) is 21.1. The van der Waals surface area contributed by atoms with Crippen molar-refractivity contribution in [2.75, 3.05) is 0 Å². The number of rotatable bonds is 17. The molecule has 206 valence electrons. The van der Waals surface area contributed by atoms with Crippen LogP contribution in [0.25, 0.3) is 0 Å². The molecule has 0 aliphatic rings. The molecule has 8 heteroatoms. The molecule has 0 radical (unpaired) electrons. The fraction of sp³-hybridized carbons (Fsp3) is 0.714. The van der Waals surface area contributed by atoms with Crippen LogP contribution < -0.4 is 19.3 Å². The monoisotopic (exact) mass is 506 g/mol. The number of hydrogen-bond donors (Lipinski definition) is 0. The van der Waals surface area contributed by atoms with E-state index in [1.54, 1.807) is 0 Å². The van der Waals surface area contributed by atoms with Gasteiger partial charge in [0.2, 0.25) is 12.7 Å². The first-order chi connectivity index (χ1) is 17.3. The number of imidazole rings is 2. The van der Waals surface area contributed by atoms with Crippen LogP contribution in [0.4, 0.5) is 0 Å². The van der Waals surface area contributed by atoms with Gasteiger partial charge in [-0.15, -0.1) is 0 Å². The van der Waals surface area contributed by atoms with Gasteiger partial charge in [-0.1, -0.05) is 65.2 Å². The number of carbonyl (C=O) groups is 2. The molecule has 8 nitrogen and oxygen atoms in total. The first-order valence-corrected chi connectivity index (χ1v) is 13.7. The highest BCUT2D eigenvalue weighted by molar-refractivity contribution is 5.64. The van der Waals surface area contributed by atoms with Crippen molar-refractivity contribution < 1.29 is 28.9 Å². The Morgan fingerprint density at radius 3 is 1.19 bits per heavy atom. The van der Waals surface area contributed by atoms with E-state index in [9.17, 15) is 19.8 Å². The first-order valence-electron chi connectivity index (χ1n) is 13.7. The largest absolute Gasteiger partial charge is 0.550 e. The van der Waals surface area contributed by atoms with Crippen LogP contribution in [0.2, 0.25) is 0 Å². The summed E-state index contributed by atoms with van der Waals surface area (Å²) in [6.45, 7) is 6.72. The van der Waals surface area contributed by atoms with Crippen LogP contribution in [0, 0.1) is 0 Å². The molecular formula is C28H50N4O4. The predicted molar refractivity (Wildman–Crippen MR) is 137 cm³/mol. The van der Waals surface area contributed by atoms with Gasteiger partial charge in [-0.3, -0.25) is 0 Å². The maximum Gasteiger partial charge on any atom is 0.243 e.